The minimum absolute atomic E-state index is 0.0945. The Morgan fingerprint density at radius 1 is 1.22 bits per heavy atom. The zero-order valence-corrected chi connectivity index (χ0v) is 9.22. The van der Waals surface area contributed by atoms with Crippen LogP contribution in [0.15, 0.2) is 18.5 Å². The van der Waals surface area contributed by atoms with Crippen molar-refractivity contribution in [1.82, 2.24) is 4.98 Å². The van der Waals surface area contributed by atoms with Crippen LogP contribution in [0.5, 0.6) is 5.75 Å². The van der Waals surface area contributed by atoms with Crippen LogP contribution in [-0.2, 0) is 4.74 Å². The lowest BCUT2D eigenvalue weighted by Gasteiger charge is -2.09. The largest absolute Gasteiger partial charge is 0.490 e. The van der Waals surface area contributed by atoms with Crippen LogP contribution in [0, 0.1) is 0 Å². The average Bonchev–Trinajstić information content (AvgIpc) is 2.27. The van der Waals surface area contributed by atoms with E-state index in [2.05, 4.69) is 9.72 Å². The molecule has 0 aromatic carbocycles. The Balaban J connectivity index is 2.29. The van der Waals surface area contributed by atoms with E-state index >= 15 is 0 Å². The molecule has 0 atom stereocenters. The molecule has 0 bridgehead atoms. The lowest BCUT2D eigenvalue weighted by molar-refractivity contribution is -0.175. The van der Waals surface area contributed by atoms with Crippen LogP contribution in [-0.4, -0.2) is 48.1 Å². The van der Waals surface area contributed by atoms with Gasteiger partial charge in [0, 0.05) is 11.7 Å². The van der Waals surface area contributed by atoms with Crippen LogP contribution in [0.1, 0.15) is 0 Å². The first-order chi connectivity index (χ1) is 8.38. The van der Waals surface area contributed by atoms with Crippen molar-refractivity contribution in [3.8, 4) is 5.75 Å². The molecule has 0 aliphatic heterocycles. The maximum absolute atomic E-state index is 11.7. The van der Waals surface area contributed by atoms with Crippen molar-refractivity contribution < 1.29 is 32.7 Å². The Hall–Kier alpha value is -1.32. The van der Waals surface area contributed by atoms with Crippen LogP contribution in [0.3, 0.4) is 0 Å². The van der Waals surface area contributed by atoms with Gasteiger partial charge in [0.25, 0.3) is 0 Å². The molecule has 100 valence electrons. The van der Waals surface area contributed by atoms with E-state index in [4.69, 9.17) is 14.8 Å². The zero-order valence-electron chi connectivity index (χ0n) is 9.22. The van der Waals surface area contributed by atoms with Crippen molar-refractivity contribution in [3.63, 3.8) is 0 Å². The number of rotatable bonds is 6. The third kappa shape index (κ3) is 5.85. The summed E-state index contributed by atoms with van der Waals surface area (Å²) in [4.78, 5) is 3.68. The summed E-state index contributed by atoms with van der Waals surface area (Å²) < 4.78 is 44.5. The Morgan fingerprint density at radius 2 is 1.94 bits per heavy atom. The van der Waals surface area contributed by atoms with E-state index in [0.717, 1.165) is 0 Å². The molecule has 1 aromatic heterocycles. The van der Waals surface area contributed by atoms with Crippen molar-refractivity contribution in [2.75, 3.05) is 19.8 Å². The molecule has 0 fully saturated rings. The number of alkyl halides is 3. The van der Waals surface area contributed by atoms with Crippen molar-refractivity contribution >= 4 is 12.6 Å². The predicted octanol–water partition coefficient (Wildman–Crippen LogP) is -0.281. The zero-order chi connectivity index (χ0) is 13.6. The first-order valence-corrected chi connectivity index (χ1v) is 4.97. The third-order valence-electron chi connectivity index (χ3n) is 1.79. The fourth-order valence-corrected chi connectivity index (χ4v) is 1.06. The van der Waals surface area contributed by atoms with Crippen molar-refractivity contribution in [3.05, 3.63) is 18.5 Å². The van der Waals surface area contributed by atoms with Gasteiger partial charge in [-0.2, -0.15) is 13.2 Å². The fourth-order valence-electron chi connectivity index (χ4n) is 1.06. The van der Waals surface area contributed by atoms with Crippen molar-refractivity contribution in [2.24, 2.45) is 0 Å². The smallest absolute Gasteiger partial charge is 0.490 e. The molecule has 18 heavy (non-hydrogen) atoms. The second-order valence-corrected chi connectivity index (χ2v) is 3.34. The highest BCUT2D eigenvalue weighted by Gasteiger charge is 2.27. The van der Waals surface area contributed by atoms with Crippen LogP contribution in [0.25, 0.3) is 0 Å². The van der Waals surface area contributed by atoms with Gasteiger partial charge in [-0.1, -0.05) is 0 Å². The third-order valence-corrected chi connectivity index (χ3v) is 1.79. The normalized spacial score (nSPS) is 11.4. The second kappa shape index (κ2) is 6.57. The molecule has 9 heteroatoms. The molecule has 2 N–H and O–H groups in total. The van der Waals surface area contributed by atoms with E-state index in [9.17, 15) is 13.2 Å². The number of aromatic nitrogens is 1. The molecule has 1 heterocycles. The van der Waals surface area contributed by atoms with Crippen molar-refractivity contribution in [1.29, 1.82) is 0 Å². The molecular weight excluding hydrogens is 254 g/mol. The second-order valence-electron chi connectivity index (χ2n) is 3.34. The Bertz CT molecular complexity index is 375. The summed E-state index contributed by atoms with van der Waals surface area (Å²) in [5.41, 5.74) is 0.128. The number of hydrogen-bond donors (Lipinski definition) is 2. The van der Waals surface area contributed by atoms with Crippen LogP contribution in [0.2, 0.25) is 0 Å². The van der Waals surface area contributed by atoms with E-state index in [1.54, 1.807) is 0 Å². The summed E-state index contributed by atoms with van der Waals surface area (Å²) in [6.07, 6.45) is -1.82. The molecule has 0 saturated heterocycles. The minimum Gasteiger partial charge on any atom is -0.490 e. The van der Waals surface area contributed by atoms with Crippen LogP contribution >= 0.6 is 0 Å². The highest BCUT2D eigenvalue weighted by Crippen LogP contribution is 2.14. The SMILES string of the molecule is OB(O)c1cncc(OCCOCC(F)(F)F)c1. The van der Waals surface area contributed by atoms with Gasteiger partial charge < -0.3 is 19.5 Å². The summed E-state index contributed by atoms with van der Waals surface area (Å²) in [7, 11) is -1.68. The number of pyridine rings is 1. The highest BCUT2D eigenvalue weighted by molar-refractivity contribution is 6.58. The van der Waals surface area contributed by atoms with Gasteiger partial charge in [-0.05, 0) is 6.07 Å². The van der Waals surface area contributed by atoms with Gasteiger partial charge in [0.05, 0.1) is 12.8 Å². The number of hydrogen-bond acceptors (Lipinski definition) is 5. The summed E-state index contributed by atoms with van der Waals surface area (Å²) in [6.45, 7) is -1.65. The first-order valence-electron chi connectivity index (χ1n) is 4.97. The van der Waals surface area contributed by atoms with E-state index in [1.165, 1.54) is 18.5 Å². The maximum Gasteiger partial charge on any atom is 0.490 e. The molecule has 0 spiro atoms. The first kappa shape index (κ1) is 14.7. The molecule has 5 nitrogen and oxygen atoms in total. The molecule has 0 aliphatic carbocycles. The Labute approximate surface area is 101 Å². The highest BCUT2D eigenvalue weighted by atomic mass is 19.4. The van der Waals surface area contributed by atoms with Gasteiger partial charge in [0.15, 0.2) is 0 Å². The van der Waals surface area contributed by atoms with Gasteiger partial charge in [-0.15, -0.1) is 0 Å². The lowest BCUT2D eigenvalue weighted by atomic mass is 9.82. The quantitative estimate of drug-likeness (QED) is 0.546. The topological polar surface area (TPSA) is 71.8 Å². The standard InChI is InChI=1S/C9H11BF3NO4/c11-9(12,13)6-17-1-2-18-8-3-7(10(15)16)4-14-5-8/h3-5,15-16H,1-2,6H2. The number of halogens is 3. The maximum atomic E-state index is 11.7. The number of ether oxygens (including phenoxy) is 2. The molecule has 0 amide bonds. The predicted molar refractivity (Wildman–Crippen MR) is 56.4 cm³/mol. The molecule has 0 unspecified atom stereocenters. The van der Waals surface area contributed by atoms with E-state index in [0.29, 0.717) is 0 Å². The number of nitrogens with zero attached hydrogens (tertiary/aromatic N) is 1. The summed E-state index contributed by atoms with van der Waals surface area (Å²) >= 11 is 0. The molecule has 1 rings (SSSR count). The Morgan fingerprint density at radius 3 is 2.56 bits per heavy atom. The van der Waals surface area contributed by atoms with Gasteiger partial charge in [-0.3, -0.25) is 4.98 Å². The lowest BCUT2D eigenvalue weighted by Crippen LogP contribution is -2.30. The Kier molecular flexibility index (Phi) is 5.38. The molecule has 1 aromatic rings. The van der Waals surface area contributed by atoms with Gasteiger partial charge in [0.1, 0.15) is 19.0 Å². The van der Waals surface area contributed by atoms with Crippen LogP contribution in [0.4, 0.5) is 13.2 Å². The van der Waals surface area contributed by atoms with Gasteiger partial charge >= 0.3 is 13.3 Å². The van der Waals surface area contributed by atoms with Gasteiger partial charge in [-0.25, -0.2) is 0 Å². The average molecular weight is 265 g/mol. The molecular formula is C9H11BF3NO4. The van der Waals surface area contributed by atoms with E-state index in [1.807, 2.05) is 0 Å². The summed E-state index contributed by atoms with van der Waals surface area (Å²) in [5, 5.41) is 17.7. The van der Waals surface area contributed by atoms with E-state index < -0.39 is 19.9 Å². The monoisotopic (exact) mass is 265 g/mol. The van der Waals surface area contributed by atoms with Crippen molar-refractivity contribution in [2.45, 2.75) is 6.18 Å². The summed E-state index contributed by atoms with van der Waals surface area (Å²) in [5.74, 6) is 0.219. The fraction of sp³-hybridized carbons (Fsp3) is 0.444. The summed E-state index contributed by atoms with van der Waals surface area (Å²) in [6, 6.07) is 1.32. The van der Waals surface area contributed by atoms with Gasteiger partial charge in [0.2, 0.25) is 0 Å². The molecule has 0 aliphatic rings. The minimum atomic E-state index is -4.36. The molecule has 0 radical (unpaired) electrons. The van der Waals surface area contributed by atoms with E-state index in [-0.39, 0.29) is 24.4 Å². The molecule has 0 saturated carbocycles. The van der Waals surface area contributed by atoms with Crippen LogP contribution < -0.4 is 10.2 Å².